The monoisotopic (exact) mass is 432 g/mol. The molecule has 2 amide bonds. The molecule has 1 saturated heterocycles. The molecule has 3 aromatic rings. The standard InChI is InChI=1S/C20H18Cl2N4O3/c21-15-8-7-12(10-16(15)22)23-19(27)25-18-14-5-1-2-6-17(14)24-20(28)26(18)11-13-4-3-9-29-13/h1-2,5-8,10,13H,3-4,9,11H2,(H2,23,25,27). The molecule has 0 saturated carbocycles. The molecular formula is C20H18Cl2N4O3. The number of carbonyl (C=O) groups is 1. The van der Waals surface area contributed by atoms with Crippen LogP contribution in [0.25, 0.3) is 10.9 Å². The number of urea groups is 1. The number of nitrogens with zero attached hydrogens (tertiary/aromatic N) is 2. The highest BCUT2D eigenvalue weighted by Crippen LogP contribution is 2.26. The van der Waals surface area contributed by atoms with E-state index in [1.165, 1.54) is 4.57 Å². The lowest BCUT2D eigenvalue weighted by Crippen LogP contribution is -2.33. The predicted octanol–water partition coefficient (Wildman–Crippen LogP) is 4.53. The van der Waals surface area contributed by atoms with Crippen molar-refractivity contribution < 1.29 is 9.53 Å². The van der Waals surface area contributed by atoms with Gasteiger partial charge < -0.3 is 10.1 Å². The second kappa shape index (κ2) is 8.41. The highest BCUT2D eigenvalue weighted by atomic mass is 35.5. The second-order valence-electron chi connectivity index (χ2n) is 6.71. The Morgan fingerprint density at radius 2 is 2.00 bits per heavy atom. The van der Waals surface area contributed by atoms with Gasteiger partial charge in [0.05, 0.1) is 28.2 Å². The van der Waals surface area contributed by atoms with E-state index in [2.05, 4.69) is 15.6 Å². The van der Waals surface area contributed by atoms with Crippen LogP contribution in [0, 0.1) is 0 Å². The van der Waals surface area contributed by atoms with Crippen LogP contribution in [0.3, 0.4) is 0 Å². The van der Waals surface area contributed by atoms with Gasteiger partial charge in [0, 0.05) is 17.7 Å². The third-order valence-electron chi connectivity index (χ3n) is 4.70. The van der Waals surface area contributed by atoms with Crippen molar-refractivity contribution in [3.63, 3.8) is 0 Å². The maximum absolute atomic E-state index is 12.7. The van der Waals surface area contributed by atoms with Crippen LogP contribution in [-0.4, -0.2) is 28.3 Å². The molecule has 4 rings (SSSR count). The van der Waals surface area contributed by atoms with E-state index in [1.807, 2.05) is 12.1 Å². The number of carbonyl (C=O) groups excluding carboxylic acids is 1. The van der Waals surface area contributed by atoms with Gasteiger partial charge in [0.25, 0.3) is 0 Å². The first-order valence-electron chi connectivity index (χ1n) is 9.15. The summed E-state index contributed by atoms with van der Waals surface area (Å²) in [5, 5.41) is 6.88. The minimum absolute atomic E-state index is 0.0886. The molecule has 2 N–H and O–H groups in total. The number of fused-ring (bicyclic) bond motifs is 1. The molecule has 150 valence electrons. The van der Waals surface area contributed by atoms with Gasteiger partial charge in [-0.3, -0.25) is 9.88 Å². The number of para-hydroxylation sites is 1. The van der Waals surface area contributed by atoms with Crippen molar-refractivity contribution in [2.24, 2.45) is 0 Å². The van der Waals surface area contributed by atoms with E-state index in [4.69, 9.17) is 27.9 Å². The maximum Gasteiger partial charge on any atom is 0.349 e. The van der Waals surface area contributed by atoms with Gasteiger partial charge in [0.1, 0.15) is 5.82 Å². The molecule has 2 heterocycles. The van der Waals surface area contributed by atoms with Crippen molar-refractivity contribution >= 4 is 51.6 Å². The van der Waals surface area contributed by atoms with Gasteiger partial charge in [-0.2, -0.15) is 4.98 Å². The molecule has 29 heavy (non-hydrogen) atoms. The third-order valence-corrected chi connectivity index (χ3v) is 5.43. The molecule has 1 aliphatic heterocycles. The Morgan fingerprint density at radius 1 is 1.17 bits per heavy atom. The first-order valence-corrected chi connectivity index (χ1v) is 9.91. The minimum atomic E-state index is -0.514. The lowest BCUT2D eigenvalue weighted by Gasteiger charge is -2.18. The zero-order valence-electron chi connectivity index (χ0n) is 15.3. The van der Waals surface area contributed by atoms with Crippen LogP contribution in [-0.2, 0) is 11.3 Å². The van der Waals surface area contributed by atoms with Crippen molar-refractivity contribution in [3.8, 4) is 0 Å². The van der Waals surface area contributed by atoms with E-state index in [1.54, 1.807) is 30.3 Å². The van der Waals surface area contributed by atoms with E-state index in [9.17, 15) is 9.59 Å². The maximum atomic E-state index is 12.7. The summed E-state index contributed by atoms with van der Waals surface area (Å²) in [5.41, 5.74) is 0.540. The molecule has 9 heteroatoms. The fourth-order valence-electron chi connectivity index (χ4n) is 3.32. The fraction of sp³-hybridized carbons (Fsp3) is 0.250. The summed E-state index contributed by atoms with van der Waals surface area (Å²) in [6.07, 6.45) is 1.71. The molecule has 0 radical (unpaired) electrons. The van der Waals surface area contributed by atoms with Crippen LogP contribution >= 0.6 is 23.2 Å². The van der Waals surface area contributed by atoms with Crippen molar-refractivity contribution in [1.82, 2.24) is 9.55 Å². The summed E-state index contributed by atoms with van der Waals surface area (Å²) in [6, 6.07) is 11.4. The first-order chi connectivity index (χ1) is 14.0. The van der Waals surface area contributed by atoms with Crippen LogP contribution in [0.2, 0.25) is 10.0 Å². The number of nitrogens with one attached hydrogen (secondary N) is 2. The SMILES string of the molecule is O=C(Nc1ccc(Cl)c(Cl)c1)Nc1c2ccccc2nc(=O)n1CC1CCCO1. The van der Waals surface area contributed by atoms with Gasteiger partial charge in [-0.15, -0.1) is 0 Å². The molecule has 1 atom stereocenters. The number of hydrogen-bond donors (Lipinski definition) is 2. The van der Waals surface area contributed by atoms with Gasteiger partial charge in [-0.05, 0) is 43.2 Å². The van der Waals surface area contributed by atoms with E-state index in [0.29, 0.717) is 45.6 Å². The number of benzene rings is 2. The van der Waals surface area contributed by atoms with E-state index < -0.39 is 11.7 Å². The van der Waals surface area contributed by atoms with Crippen LogP contribution in [0.4, 0.5) is 16.3 Å². The molecule has 0 bridgehead atoms. The highest BCUT2D eigenvalue weighted by molar-refractivity contribution is 6.42. The molecule has 1 unspecified atom stereocenters. The molecular weight excluding hydrogens is 415 g/mol. The van der Waals surface area contributed by atoms with E-state index in [-0.39, 0.29) is 6.10 Å². The molecule has 2 aromatic carbocycles. The van der Waals surface area contributed by atoms with Crippen LogP contribution in [0.15, 0.2) is 47.3 Å². The lowest BCUT2D eigenvalue weighted by molar-refractivity contribution is 0.0964. The van der Waals surface area contributed by atoms with Gasteiger partial charge in [-0.25, -0.2) is 9.59 Å². The van der Waals surface area contributed by atoms with Gasteiger partial charge in [-0.1, -0.05) is 35.3 Å². The molecule has 0 aliphatic carbocycles. The topological polar surface area (TPSA) is 85.3 Å². The average molecular weight is 433 g/mol. The Bertz CT molecular complexity index is 1130. The average Bonchev–Trinajstić information content (AvgIpc) is 3.20. The van der Waals surface area contributed by atoms with Crippen LogP contribution in [0.5, 0.6) is 0 Å². The van der Waals surface area contributed by atoms with E-state index in [0.717, 1.165) is 12.8 Å². The summed E-state index contributed by atoms with van der Waals surface area (Å²) in [5.74, 6) is 0.369. The summed E-state index contributed by atoms with van der Waals surface area (Å²) in [6.45, 7) is 0.986. The Balaban J connectivity index is 1.67. The molecule has 0 spiro atoms. The summed E-state index contributed by atoms with van der Waals surface area (Å²) >= 11 is 11.9. The number of ether oxygens (including phenoxy) is 1. The van der Waals surface area contributed by atoms with Crippen molar-refractivity contribution in [1.29, 1.82) is 0 Å². The van der Waals surface area contributed by atoms with Gasteiger partial charge in [0.2, 0.25) is 0 Å². The summed E-state index contributed by atoms with van der Waals surface area (Å²) < 4.78 is 7.11. The zero-order chi connectivity index (χ0) is 20.4. The van der Waals surface area contributed by atoms with Crippen LogP contribution < -0.4 is 16.3 Å². The normalized spacial score (nSPS) is 16.1. The smallest absolute Gasteiger partial charge is 0.349 e. The van der Waals surface area contributed by atoms with Gasteiger partial charge in [0.15, 0.2) is 0 Å². The molecule has 1 aromatic heterocycles. The predicted molar refractivity (Wildman–Crippen MR) is 114 cm³/mol. The number of hydrogen-bond acceptors (Lipinski definition) is 4. The van der Waals surface area contributed by atoms with Crippen molar-refractivity contribution in [3.05, 3.63) is 63.0 Å². The van der Waals surface area contributed by atoms with Crippen molar-refractivity contribution in [2.45, 2.75) is 25.5 Å². The van der Waals surface area contributed by atoms with Crippen molar-refractivity contribution in [2.75, 3.05) is 17.2 Å². The second-order valence-corrected chi connectivity index (χ2v) is 7.53. The minimum Gasteiger partial charge on any atom is -0.376 e. The first kappa shape index (κ1) is 19.7. The summed E-state index contributed by atoms with van der Waals surface area (Å²) in [7, 11) is 0. The zero-order valence-corrected chi connectivity index (χ0v) is 16.8. The van der Waals surface area contributed by atoms with Crippen LogP contribution in [0.1, 0.15) is 12.8 Å². The highest BCUT2D eigenvalue weighted by Gasteiger charge is 2.21. The Labute approximate surface area is 176 Å². The fourth-order valence-corrected chi connectivity index (χ4v) is 3.61. The van der Waals surface area contributed by atoms with Gasteiger partial charge >= 0.3 is 11.7 Å². The number of rotatable bonds is 4. The number of aromatic nitrogens is 2. The Morgan fingerprint density at radius 3 is 2.76 bits per heavy atom. The third kappa shape index (κ3) is 4.37. The lowest BCUT2D eigenvalue weighted by atomic mass is 10.2. The Hall–Kier alpha value is -2.61. The largest absolute Gasteiger partial charge is 0.376 e. The molecule has 7 nitrogen and oxygen atoms in total. The number of anilines is 2. The van der Waals surface area contributed by atoms with E-state index >= 15 is 0 Å². The number of halogens is 2. The summed E-state index contributed by atoms with van der Waals surface area (Å²) in [4.78, 5) is 29.5. The molecule has 1 fully saturated rings. The number of amides is 2. The quantitative estimate of drug-likeness (QED) is 0.634. The Kier molecular flexibility index (Phi) is 5.71. The molecule has 1 aliphatic rings.